The number of benzene rings is 1. The van der Waals surface area contributed by atoms with Gasteiger partial charge in [0.2, 0.25) is 5.91 Å². The predicted molar refractivity (Wildman–Crippen MR) is 101 cm³/mol. The zero-order valence-corrected chi connectivity index (χ0v) is 15.5. The van der Waals surface area contributed by atoms with E-state index in [-0.39, 0.29) is 11.8 Å². The summed E-state index contributed by atoms with van der Waals surface area (Å²) in [5.41, 5.74) is 0.419. The molecule has 0 spiro atoms. The van der Waals surface area contributed by atoms with E-state index < -0.39 is 5.54 Å². The molecule has 0 fully saturated rings. The van der Waals surface area contributed by atoms with E-state index in [4.69, 9.17) is 0 Å². The third-order valence-corrected chi connectivity index (χ3v) is 4.61. The average Bonchev–Trinajstić information content (AvgIpc) is 3.27. The summed E-state index contributed by atoms with van der Waals surface area (Å²) in [4.78, 5) is 29.6. The molecule has 3 N–H and O–H groups in total. The molecule has 0 saturated carbocycles. The lowest BCUT2D eigenvalue weighted by atomic mass is 10.0. The summed E-state index contributed by atoms with van der Waals surface area (Å²) in [5.74, 6) is 0.767. The van der Waals surface area contributed by atoms with E-state index in [9.17, 15) is 9.59 Å². The van der Waals surface area contributed by atoms with Gasteiger partial charge in [-0.2, -0.15) is 5.10 Å². The van der Waals surface area contributed by atoms with Gasteiger partial charge in [-0.3, -0.25) is 14.7 Å². The van der Waals surface area contributed by atoms with E-state index in [1.54, 1.807) is 38.1 Å². The number of carbonyl (C=O) groups is 2. The van der Waals surface area contributed by atoms with Crippen LogP contribution >= 0.6 is 11.3 Å². The summed E-state index contributed by atoms with van der Waals surface area (Å²) in [7, 11) is 0. The number of hydrogen-bond donors (Lipinski definition) is 3. The lowest BCUT2D eigenvalue weighted by molar-refractivity contribution is -0.120. The van der Waals surface area contributed by atoms with Crippen molar-refractivity contribution in [3.63, 3.8) is 0 Å². The van der Waals surface area contributed by atoms with E-state index >= 15 is 0 Å². The maximum absolute atomic E-state index is 12.5. The van der Waals surface area contributed by atoms with Gasteiger partial charge in [0.15, 0.2) is 5.82 Å². The van der Waals surface area contributed by atoms with E-state index in [1.807, 2.05) is 24.4 Å². The molecule has 0 radical (unpaired) electrons. The largest absolute Gasteiger partial charge is 0.337 e. The van der Waals surface area contributed by atoms with Gasteiger partial charge in [0, 0.05) is 11.3 Å². The molecule has 2 heterocycles. The molecule has 134 valence electrons. The highest BCUT2D eigenvalue weighted by molar-refractivity contribution is 7.12. The van der Waals surface area contributed by atoms with Crippen molar-refractivity contribution in [2.75, 3.05) is 5.32 Å². The van der Waals surface area contributed by atoms with Gasteiger partial charge in [0.25, 0.3) is 5.91 Å². The Balaban J connectivity index is 1.65. The van der Waals surface area contributed by atoms with Gasteiger partial charge in [-0.05, 0) is 56.5 Å². The molecular weight excluding hydrogens is 350 g/mol. The predicted octanol–water partition coefficient (Wildman–Crippen LogP) is 2.99. The van der Waals surface area contributed by atoms with Crippen LogP contribution in [0.25, 0.3) is 11.4 Å². The van der Waals surface area contributed by atoms with Crippen molar-refractivity contribution in [1.29, 1.82) is 0 Å². The minimum absolute atomic E-state index is 0.268. The van der Waals surface area contributed by atoms with Crippen LogP contribution in [0.15, 0.2) is 41.8 Å². The van der Waals surface area contributed by atoms with Gasteiger partial charge in [-0.1, -0.05) is 6.07 Å². The van der Waals surface area contributed by atoms with E-state index in [2.05, 4.69) is 25.8 Å². The second kappa shape index (κ2) is 7.09. The van der Waals surface area contributed by atoms with Gasteiger partial charge in [0.05, 0.1) is 4.88 Å². The molecule has 0 unspecified atom stereocenters. The number of hydrogen-bond acceptors (Lipinski definition) is 5. The van der Waals surface area contributed by atoms with E-state index in [0.717, 1.165) is 11.4 Å². The first kappa shape index (κ1) is 17.8. The molecule has 2 aromatic heterocycles. The molecular formula is C18H19N5O2S. The average molecular weight is 369 g/mol. The number of nitrogens with zero attached hydrogens (tertiary/aromatic N) is 2. The SMILES string of the molecule is Cc1nc(-c2ccc(NC(=O)C(C)(C)NC(=O)c3cccs3)cc2)n[nH]1. The molecule has 8 heteroatoms. The smallest absolute Gasteiger partial charge is 0.262 e. The molecule has 0 saturated heterocycles. The number of aromatic amines is 1. The van der Waals surface area contributed by atoms with Crippen LogP contribution in [0, 0.1) is 6.92 Å². The molecule has 2 amide bonds. The molecule has 7 nitrogen and oxygen atoms in total. The second-order valence-electron chi connectivity index (χ2n) is 6.33. The van der Waals surface area contributed by atoms with Crippen molar-refractivity contribution in [2.45, 2.75) is 26.3 Å². The highest BCUT2D eigenvalue weighted by Crippen LogP contribution is 2.19. The Morgan fingerprint density at radius 1 is 1.15 bits per heavy atom. The lowest BCUT2D eigenvalue weighted by Gasteiger charge is -2.25. The molecule has 26 heavy (non-hydrogen) atoms. The fourth-order valence-electron chi connectivity index (χ4n) is 2.27. The number of anilines is 1. The summed E-state index contributed by atoms with van der Waals surface area (Å²) in [6, 6.07) is 10.7. The molecule has 1 aromatic carbocycles. The Morgan fingerprint density at radius 3 is 2.46 bits per heavy atom. The first-order valence-electron chi connectivity index (χ1n) is 8.02. The minimum Gasteiger partial charge on any atom is -0.337 e. The van der Waals surface area contributed by atoms with Crippen LogP contribution in [0.4, 0.5) is 5.69 Å². The molecule has 0 aliphatic carbocycles. The number of rotatable bonds is 5. The summed E-state index contributed by atoms with van der Waals surface area (Å²) < 4.78 is 0. The van der Waals surface area contributed by atoms with Crippen molar-refractivity contribution in [2.24, 2.45) is 0 Å². The summed E-state index contributed by atoms with van der Waals surface area (Å²) >= 11 is 1.33. The summed E-state index contributed by atoms with van der Waals surface area (Å²) in [5, 5.41) is 14.3. The van der Waals surface area contributed by atoms with Gasteiger partial charge < -0.3 is 10.6 Å². The molecule has 3 rings (SSSR count). The number of amides is 2. The van der Waals surface area contributed by atoms with Crippen molar-refractivity contribution >= 4 is 28.8 Å². The van der Waals surface area contributed by atoms with Crippen molar-refractivity contribution in [3.05, 3.63) is 52.5 Å². The Hall–Kier alpha value is -3.00. The molecule has 3 aromatic rings. The van der Waals surface area contributed by atoms with Gasteiger partial charge >= 0.3 is 0 Å². The number of aromatic nitrogens is 3. The van der Waals surface area contributed by atoms with Crippen LogP contribution in [0.1, 0.15) is 29.3 Å². The third-order valence-electron chi connectivity index (χ3n) is 3.74. The summed E-state index contributed by atoms with van der Waals surface area (Å²) in [6.45, 7) is 5.16. The topological polar surface area (TPSA) is 99.8 Å². The zero-order valence-electron chi connectivity index (χ0n) is 14.7. The fourth-order valence-corrected chi connectivity index (χ4v) is 2.89. The zero-order chi connectivity index (χ0) is 18.7. The molecule has 0 aliphatic rings. The van der Waals surface area contributed by atoms with Crippen LogP contribution in [0.5, 0.6) is 0 Å². The Bertz CT molecular complexity index is 913. The van der Waals surface area contributed by atoms with Crippen molar-refractivity contribution in [1.82, 2.24) is 20.5 Å². The van der Waals surface area contributed by atoms with Gasteiger partial charge in [-0.15, -0.1) is 11.3 Å². The number of H-pyrrole nitrogens is 1. The standard InChI is InChI=1S/C18H19N5O2S/c1-11-19-15(23-22-11)12-6-8-13(9-7-12)20-17(25)18(2,3)21-16(24)14-5-4-10-26-14/h4-10H,1-3H3,(H,20,25)(H,21,24)(H,19,22,23). The number of carbonyl (C=O) groups excluding carboxylic acids is 2. The maximum Gasteiger partial charge on any atom is 0.262 e. The number of thiophene rings is 1. The van der Waals surface area contributed by atoms with Crippen molar-refractivity contribution < 1.29 is 9.59 Å². The molecule has 0 bridgehead atoms. The number of nitrogens with one attached hydrogen (secondary N) is 3. The normalized spacial score (nSPS) is 11.2. The fraction of sp³-hybridized carbons (Fsp3) is 0.222. The highest BCUT2D eigenvalue weighted by Gasteiger charge is 2.30. The number of aryl methyl sites for hydroxylation is 1. The van der Waals surface area contributed by atoms with Gasteiger partial charge in [-0.25, -0.2) is 4.98 Å². The van der Waals surface area contributed by atoms with E-state index in [1.165, 1.54) is 11.3 Å². The quantitative estimate of drug-likeness (QED) is 0.644. The first-order chi connectivity index (χ1) is 12.3. The van der Waals surface area contributed by atoms with Crippen molar-refractivity contribution in [3.8, 4) is 11.4 Å². The van der Waals surface area contributed by atoms with Crippen LogP contribution in [-0.2, 0) is 4.79 Å². The molecule has 0 aliphatic heterocycles. The Labute approximate surface area is 154 Å². The van der Waals surface area contributed by atoms with Crippen LogP contribution < -0.4 is 10.6 Å². The lowest BCUT2D eigenvalue weighted by Crippen LogP contribution is -2.52. The van der Waals surface area contributed by atoms with Gasteiger partial charge in [0.1, 0.15) is 11.4 Å². The highest BCUT2D eigenvalue weighted by atomic mass is 32.1. The Kier molecular flexibility index (Phi) is 4.85. The minimum atomic E-state index is -1.05. The van der Waals surface area contributed by atoms with E-state index in [0.29, 0.717) is 16.4 Å². The van der Waals surface area contributed by atoms with Crippen LogP contribution in [0.3, 0.4) is 0 Å². The molecule has 0 atom stereocenters. The van der Waals surface area contributed by atoms with Crippen LogP contribution in [0.2, 0.25) is 0 Å². The third kappa shape index (κ3) is 3.97. The first-order valence-corrected chi connectivity index (χ1v) is 8.90. The monoisotopic (exact) mass is 369 g/mol. The second-order valence-corrected chi connectivity index (χ2v) is 7.28. The summed E-state index contributed by atoms with van der Waals surface area (Å²) in [6.07, 6.45) is 0. The maximum atomic E-state index is 12.5. The van der Waals surface area contributed by atoms with Crippen LogP contribution in [-0.4, -0.2) is 32.5 Å². The Morgan fingerprint density at radius 2 is 1.88 bits per heavy atom.